The molecule has 3 aromatic carbocycles. The van der Waals surface area contributed by atoms with Gasteiger partial charge in [0.2, 0.25) is 0 Å². The van der Waals surface area contributed by atoms with E-state index >= 15 is 0 Å². The van der Waals surface area contributed by atoms with Gasteiger partial charge in [-0.05, 0) is 48.6 Å². The van der Waals surface area contributed by atoms with Crippen molar-refractivity contribution in [2.75, 3.05) is 0 Å². The Kier molecular flexibility index (Phi) is 6.14. The summed E-state index contributed by atoms with van der Waals surface area (Å²) in [7, 11) is 0. The maximum atomic E-state index is 3.77. The van der Waals surface area contributed by atoms with Crippen molar-refractivity contribution in [3.63, 3.8) is 0 Å². The van der Waals surface area contributed by atoms with Crippen molar-refractivity contribution in [3.05, 3.63) is 80.7 Å². The van der Waals surface area contributed by atoms with Crippen molar-refractivity contribution in [2.45, 2.75) is 33.1 Å². The Morgan fingerprint density at radius 1 is 0.680 bits per heavy atom. The average Bonchev–Trinajstić information content (AvgIpc) is 2.63. The molecule has 0 radical (unpaired) electrons. The highest BCUT2D eigenvalue weighted by Crippen LogP contribution is 2.42. The van der Waals surface area contributed by atoms with Crippen LogP contribution >= 0.6 is 31.9 Å². The quantitative estimate of drug-likeness (QED) is 0.362. The zero-order valence-corrected chi connectivity index (χ0v) is 17.8. The fraction of sp³-hybridized carbons (Fsp3) is 0.217. The van der Waals surface area contributed by atoms with Gasteiger partial charge in [0.15, 0.2) is 0 Å². The van der Waals surface area contributed by atoms with Crippen molar-refractivity contribution in [1.82, 2.24) is 0 Å². The number of halogens is 2. The smallest absolute Gasteiger partial charge is 0.0260 e. The van der Waals surface area contributed by atoms with Gasteiger partial charge in [-0.3, -0.25) is 0 Å². The van der Waals surface area contributed by atoms with Crippen molar-refractivity contribution in [1.29, 1.82) is 0 Å². The summed E-state index contributed by atoms with van der Waals surface area (Å²) in [6, 6.07) is 22.0. The summed E-state index contributed by atoms with van der Waals surface area (Å²) in [6.07, 6.45) is 3.63. The van der Waals surface area contributed by atoms with Crippen LogP contribution in [0.5, 0.6) is 0 Å². The van der Waals surface area contributed by atoms with Crippen LogP contribution in [0.1, 0.15) is 30.9 Å². The summed E-state index contributed by atoms with van der Waals surface area (Å²) >= 11 is 7.53. The highest BCUT2D eigenvalue weighted by Gasteiger charge is 2.14. The Labute approximate surface area is 167 Å². The highest BCUT2D eigenvalue weighted by atomic mass is 79.9. The summed E-state index contributed by atoms with van der Waals surface area (Å²) in [6.45, 7) is 4.36. The number of aryl methyl sites for hydroxylation is 2. The number of benzene rings is 3. The molecule has 0 bridgehead atoms. The molecular weight excluding hydrogens is 436 g/mol. The number of rotatable bonds is 5. The van der Waals surface area contributed by atoms with E-state index in [4.69, 9.17) is 0 Å². The largest absolute Gasteiger partial charge is 0.0654 e. The zero-order chi connectivity index (χ0) is 17.8. The minimum absolute atomic E-state index is 1.12. The molecule has 0 aliphatic carbocycles. The van der Waals surface area contributed by atoms with Crippen LogP contribution in [0.4, 0.5) is 0 Å². The third-order valence-electron chi connectivity index (χ3n) is 4.51. The van der Waals surface area contributed by atoms with Crippen molar-refractivity contribution in [3.8, 4) is 22.3 Å². The van der Waals surface area contributed by atoms with Gasteiger partial charge < -0.3 is 0 Å². The Morgan fingerprint density at radius 3 is 1.64 bits per heavy atom. The van der Waals surface area contributed by atoms with E-state index in [2.05, 4.69) is 106 Å². The van der Waals surface area contributed by atoms with Crippen molar-refractivity contribution in [2.24, 2.45) is 0 Å². The predicted octanol–water partition coefficient (Wildman–Crippen LogP) is 8.20. The van der Waals surface area contributed by atoms with Gasteiger partial charge in [0.05, 0.1) is 0 Å². The number of hydrogen-bond donors (Lipinski definition) is 0. The molecule has 0 amide bonds. The van der Waals surface area contributed by atoms with E-state index in [0.717, 1.165) is 15.4 Å². The summed E-state index contributed by atoms with van der Waals surface area (Å²) in [4.78, 5) is 0. The minimum atomic E-state index is 1.12. The van der Waals surface area contributed by atoms with Gasteiger partial charge in [0.25, 0.3) is 0 Å². The lowest BCUT2D eigenvalue weighted by Gasteiger charge is -2.15. The minimum Gasteiger partial charge on any atom is -0.0654 e. The maximum absolute atomic E-state index is 3.77. The fourth-order valence-electron chi connectivity index (χ4n) is 3.06. The lowest BCUT2D eigenvalue weighted by Crippen LogP contribution is -1.91. The summed E-state index contributed by atoms with van der Waals surface area (Å²) in [5.74, 6) is 0. The Hall–Kier alpha value is -1.38. The first kappa shape index (κ1) is 18.4. The average molecular weight is 458 g/mol. The molecule has 0 aromatic heterocycles. The SMILES string of the molecule is CCCCc1ccc(-c2c(Br)ccc(Br)c2-c2ccc(C)cc2)cc1. The van der Waals surface area contributed by atoms with Crippen LogP contribution in [-0.2, 0) is 6.42 Å². The monoisotopic (exact) mass is 456 g/mol. The van der Waals surface area contributed by atoms with E-state index in [-0.39, 0.29) is 0 Å². The molecule has 0 spiro atoms. The van der Waals surface area contributed by atoms with E-state index in [1.807, 2.05) is 0 Å². The van der Waals surface area contributed by atoms with E-state index in [1.54, 1.807) is 0 Å². The molecule has 0 atom stereocenters. The molecule has 3 rings (SSSR count). The van der Waals surface area contributed by atoms with Gasteiger partial charge in [-0.15, -0.1) is 0 Å². The third-order valence-corrected chi connectivity index (χ3v) is 5.83. The molecule has 0 aliphatic heterocycles. The normalized spacial score (nSPS) is 10.9. The van der Waals surface area contributed by atoms with Gasteiger partial charge >= 0.3 is 0 Å². The van der Waals surface area contributed by atoms with Gasteiger partial charge in [0, 0.05) is 20.1 Å². The first-order chi connectivity index (χ1) is 12.1. The highest BCUT2D eigenvalue weighted by molar-refractivity contribution is 9.11. The molecular formula is C23H22Br2. The molecule has 128 valence electrons. The molecule has 0 saturated heterocycles. The van der Waals surface area contributed by atoms with Crippen LogP contribution in [0.15, 0.2) is 69.6 Å². The first-order valence-corrected chi connectivity index (χ1v) is 10.3. The van der Waals surface area contributed by atoms with E-state index in [9.17, 15) is 0 Å². The zero-order valence-electron chi connectivity index (χ0n) is 14.7. The Bertz CT molecular complexity index is 847. The van der Waals surface area contributed by atoms with Crippen LogP contribution in [-0.4, -0.2) is 0 Å². The van der Waals surface area contributed by atoms with Crippen LogP contribution in [0.3, 0.4) is 0 Å². The van der Waals surface area contributed by atoms with E-state index < -0.39 is 0 Å². The molecule has 0 unspecified atom stereocenters. The molecule has 0 heterocycles. The number of unbranched alkanes of at least 4 members (excludes halogenated alkanes) is 1. The second-order valence-electron chi connectivity index (χ2n) is 6.45. The van der Waals surface area contributed by atoms with Crippen LogP contribution in [0, 0.1) is 6.92 Å². The van der Waals surface area contributed by atoms with Gasteiger partial charge in [-0.2, -0.15) is 0 Å². The molecule has 3 aromatic rings. The molecule has 2 heteroatoms. The lowest BCUT2D eigenvalue weighted by atomic mass is 9.93. The Balaban J connectivity index is 2.09. The van der Waals surface area contributed by atoms with Crippen LogP contribution in [0.25, 0.3) is 22.3 Å². The molecule has 0 aliphatic rings. The van der Waals surface area contributed by atoms with E-state index in [0.29, 0.717) is 0 Å². The molecule has 25 heavy (non-hydrogen) atoms. The predicted molar refractivity (Wildman–Crippen MR) is 116 cm³/mol. The Morgan fingerprint density at radius 2 is 1.16 bits per heavy atom. The standard InChI is InChI=1S/C23H22Br2/c1-3-4-5-17-8-12-19(13-9-17)23-21(25)15-14-20(24)22(23)18-10-6-16(2)7-11-18/h6-15H,3-5H2,1-2H3. The van der Waals surface area contributed by atoms with Crippen molar-refractivity contribution >= 4 is 31.9 Å². The second kappa shape index (κ2) is 8.33. The summed E-state index contributed by atoms with van der Waals surface area (Å²) in [5, 5.41) is 0. The first-order valence-electron chi connectivity index (χ1n) is 8.74. The molecule has 0 saturated carbocycles. The van der Waals surface area contributed by atoms with Gasteiger partial charge in [-0.1, -0.05) is 99.3 Å². The molecule has 0 nitrogen and oxygen atoms in total. The van der Waals surface area contributed by atoms with Gasteiger partial charge in [-0.25, -0.2) is 0 Å². The van der Waals surface area contributed by atoms with Crippen molar-refractivity contribution < 1.29 is 0 Å². The molecule has 0 fully saturated rings. The third kappa shape index (κ3) is 4.24. The topological polar surface area (TPSA) is 0 Å². The lowest BCUT2D eigenvalue weighted by molar-refractivity contribution is 0.795. The van der Waals surface area contributed by atoms with Gasteiger partial charge in [0.1, 0.15) is 0 Å². The summed E-state index contributed by atoms with van der Waals surface area (Å²) < 4.78 is 2.23. The van der Waals surface area contributed by atoms with E-state index in [1.165, 1.54) is 46.2 Å². The maximum Gasteiger partial charge on any atom is 0.0260 e. The van der Waals surface area contributed by atoms with Crippen LogP contribution < -0.4 is 0 Å². The number of hydrogen-bond acceptors (Lipinski definition) is 0. The fourth-order valence-corrected chi connectivity index (χ4v) is 4.17. The molecule has 0 N–H and O–H groups in total. The summed E-state index contributed by atoms with van der Waals surface area (Å²) in [5.41, 5.74) is 7.62. The van der Waals surface area contributed by atoms with Crippen LogP contribution in [0.2, 0.25) is 0 Å². The second-order valence-corrected chi connectivity index (χ2v) is 8.15.